The first-order chi connectivity index (χ1) is 15.3. The van der Waals surface area contributed by atoms with E-state index in [0.717, 1.165) is 23.2 Å². The lowest BCUT2D eigenvalue weighted by molar-refractivity contribution is 0.0962. The number of ether oxygens (including phenoxy) is 1. The maximum atomic E-state index is 13.1. The van der Waals surface area contributed by atoms with Gasteiger partial charge in [-0.3, -0.25) is 10.2 Å². The van der Waals surface area contributed by atoms with E-state index in [0.29, 0.717) is 35.2 Å². The lowest BCUT2D eigenvalue weighted by Crippen LogP contribution is -2.30. The first-order valence-corrected chi connectivity index (χ1v) is 10.6. The standard InChI is InChI=1S/C23H27N7O2/c1-5-16-8-6-15-11-30(22(24)21(15)25-16)12-18(31)14-7-9-19(17(10-14)23(2,3)4)32-13-20-26-28-29-27-20/h6-10,24H,5,11-13H2,1-4H3,(H,26,27,28,29). The number of nitrogens with one attached hydrogen (secondary N) is 2. The number of amidine groups is 1. The lowest BCUT2D eigenvalue weighted by Gasteiger charge is -2.24. The van der Waals surface area contributed by atoms with Crippen molar-refractivity contribution >= 4 is 11.6 Å². The molecule has 4 rings (SSSR count). The summed E-state index contributed by atoms with van der Waals surface area (Å²) in [5.74, 6) is 1.39. The number of carbonyl (C=O) groups is 1. The predicted octanol–water partition coefficient (Wildman–Crippen LogP) is 3.06. The van der Waals surface area contributed by atoms with Gasteiger partial charge in [0.05, 0.1) is 6.54 Å². The Bertz CT molecular complexity index is 1150. The van der Waals surface area contributed by atoms with Crippen LogP contribution in [0.3, 0.4) is 0 Å². The second-order valence-electron chi connectivity index (χ2n) is 8.87. The number of aromatic nitrogens is 5. The third-order valence-electron chi connectivity index (χ3n) is 5.49. The minimum absolute atomic E-state index is 0.0477. The molecule has 2 N–H and O–H groups in total. The molecule has 0 amide bonds. The Morgan fingerprint density at radius 3 is 2.75 bits per heavy atom. The van der Waals surface area contributed by atoms with Gasteiger partial charge >= 0.3 is 0 Å². The molecular weight excluding hydrogens is 406 g/mol. The molecule has 0 unspecified atom stereocenters. The fraction of sp³-hybridized carbons (Fsp3) is 0.391. The fourth-order valence-electron chi connectivity index (χ4n) is 3.69. The first kappa shape index (κ1) is 21.6. The van der Waals surface area contributed by atoms with E-state index < -0.39 is 0 Å². The molecule has 0 fully saturated rings. The summed E-state index contributed by atoms with van der Waals surface area (Å²) in [5, 5.41) is 22.2. The van der Waals surface area contributed by atoms with Gasteiger partial charge in [0.15, 0.2) is 12.4 Å². The number of ketones is 1. The van der Waals surface area contributed by atoms with Crippen molar-refractivity contribution in [3.63, 3.8) is 0 Å². The summed E-state index contributed by atoms with van der Waals surface area (Å²) in [5.41, 5.74) is 3.89. The first-order valence-electron chi connectivity index (χ1n) is 10.6. The van der Waals surface area contributed by atoms with Crippen molar-refractivity contribution in [2.75, 3.05) is 6.54 Å². The van der Waals surface area contributed by atoms with Crippen molar-refractivity contribution in [1.29, 1.82) is 5.41 Å². The highest BCUT2D eigenvalue weighted by Gasteiger charge is 2.28. The third kappa shape index (κ3) is 4.37. The van der Waals surface area contributed by atoms with Crippen molar-refractivity contribution in [3.05, 3.63) is 64.2 Å². The van der Waals surface area contributed by atoms with Crippen LogP contribution in [-0.2, 0) is 25.0 Å². The molecule has 1 aliphatic heterocycles. The van der Waals surface area contributed by atoms with Gasteiger partial charge in [0.25, 0.3) is 0 Å². The minimum Gasteiger partial charge on any atom is -0.485 e. The summed E-state index contributed by atoms with van der Waals surface area (Å²) in [6, 6.07) is 9.46. The van der Waals surface area contributed by atoms with Crippen molar-refractivity contribution in [3.8, 4) is 5.75 Å². The van der Waals surface area contributed by atoms with Gasteiger partial charge in [0.2, 0.25) is 5.82 Å². The Kier molecular flexibility index (Phi) is 5.73. The van der Waals surface area contributed by atoms with E-state index in [4.69, 9.17) is 10.1 Å². The smallest absolute Gasteiger partial charge is 0.211 e. The van der Waals surface area contributed by atoms with Crippen LogP contribution in [0, 0.1) is 5.41 Å². The summed E-state index contributed by atoms with van der Waals surface area (Å²) in [6.45, 7) is 9.09. The van der Waals surface area contributed by atoms with Crippen LogP contribution in [0.25, 0.3) is 0 Å². The van der Waals surface area contributed by atoms with Gasteiger partial charge in [0.1, 0.15) is 17.3 Å². The highest BCUT2D eigenvalue weighted by Crippen LogP contribution is 2.33. The van der Waals surface area contributed by atoms with Gasteiger partial charge in [-0.15, -0.1) is 10.2 Å². The summed E-state index contributed by atoms with van der Waals surface area (Å²) < 4.78 is 5.91. The van der Waals surface area contributed by atoms with E-state index in [-0.39, 0.29) is 24.3 Å². The van der Waals surface area contributed by atoms with Crippen molar-refractivity contribution in [2.24, 2.45) is 0 Å². The zero-order chi connectivity index (χ0) is 22.9. The molecule has 0 atom stereocenters. The van der Waals surface area contributed by atoms with E-state index in [2.05, 4.69) is 46.4 Å². The number of aromatic amines is 1. The number of hydrogen-bond acceptors (Lipinski definition) is 7. The van der Waals surface area contributed by atoms with E-state index >= 15 is 0 Å². The molecule has 2 aromatic heterocycles. The van der Waals surface area contributed by atoms with E-state index in [1.54, 1.807) is 11.0 Å². The number of nitrogens with zero attached hydrogens (tertiary/aromatic N) is 5. The SMILES string of the molecule is CCc1ccc2c(n1)C(=N)N(CC(=O)c1ccc(OCc3nn[nH]n3)c(C(C)(C)C)c1)C2. The number of H-pyrrole nitrogens is 1. The maximum absolute atomic E-state index is 13.1. The molecule has 32 heavy (non-hydrogen) atoms. The van der Waals surface area contributed by atoms with Crippen molar-refractivity contribution < 1.29 is 9.53 Å². The number of carbonyl (C=O) groups excluding carboxylic acids is 1. The minimum atomic E-state index is -0.236. The fourth-order valence-corrected chi connectivity index (χ4v) is 3.69. The summed E-state index contributed by atoms with van der Waals surface area (Å²) in [6.07, 6.45) is 0.816. The van der Waals surface area contributed by atoms with Crippen LogP contribution >= 0.6 is 0 Å². The highest BCUT2D eigenvalue weighted by molar-refractivity contribution is 6.04. The second kappa shape index (κ2) is 8.49. The molecule has 9 nitrogen and oxygen atoms in total. The van der Waals surface area contributed by atoms with E-state index in [1.165, 1.54) is 0 Å². The van der Waals surface area contributed by atoms with Gasteiger partial charge in [-0.1, -0.05) is 39.0 Å². The van der Waals surface area contributed by atoms with Crippen molar-refractivity contribution in [1.82, 2.24) is 30.5 Å². The van der Waals surface area contributed by atoms with Crippen LogP contribution in [0.5, 0.6) is 5.75 Å². The Morgan fingerprint density at radius 2 is 2.06 bits per heavy atom. The summed E-state index contributed by atoms with van der Waals surface area (Å²) in [7, 11) is 0. The van der Waals surface area contributed by atoms with Gasteiger partial charge in [-0.2, -0.15) is 5.21 Å². The topological polar surface area (TPSA) is 121 Å². The molecule has 0 saturated heterocycles. The van der Waals surface area contributed by atoms with Crippen LogP contribution in [0.15, 0.2) is 30.3 Å². The molecule has 0 bridgehead atoms. The van der Waals surface area contributed by atoms with Crippen LogP contribution in [0.1, 0.15) is 66.4 Å². The van der Waals surface area contributed by atoms with Crippen LogP contribution in [-0.4, -0.2) is 48.7 Å². The van der Waals surface area contributed by atoms with Gasteiger partial charge < -0.3 is 9.64 Å². The Balaban J connectivity index is 1.51. The Morgan fingerprint density at radius 1 is 1.25 bits per heavy atom. The zero-order valence-electron chi connectivity index (χ0n) is 18.8. The molecule has 0 spiro atoms. The molecule has 1 aromatic carbocycles. The molecule has 1 aliphatic rings. The number of fused-ring (bicyclic) bond motifs is 1. The lowest BCUT2D eigenvalue weighted by atomic mass is 9.85. The molecule has 0 aliphatic carbocycles. The monoisotopic (exact) mass is 433 g/mol. The predicted molar refractivity (Wildman–Crippen MR) is 119 cm³/mol. The molecule has 166 valence electrons. The molecular formula is C23H27N7O2. The number of tetrazole rings is 1. The number of Topliss-reactive ketones (excluding diaryl/α,β-unsaturated/α-hetero) is 1. The average molecular weight is 434 g/mol. The second-order valence-corrected chi connectivity index (χ2v) is 8.87. The van der Waals surface area contributed by atoms with Crippen LogP contribution in [0.4, 0.5) is 0 Å². The largest absolute Gasteiger partial charge is 0.485 e. The normalized spacial score (nSPS) is 13.4. The van der Waals surface area contributed by atoms with Gasteiger partial charge in [0, 0.05) is 28.9 Å². The number of rotatable bonds is 7. The number of hydrogen-bond donors (Lipinski definition) is 2. The molecule has 0 saturated carbocycles. The third-order valence-corrected chi connectivity index (χ3v) is 5.49. The van der Waals surface area contributed by atoms with Gasteiger partial charge in [-0.25, -0.2) is 4.98 Å². The number of aryl methyl sites for hydroxylation is 1. The molecule has 9 heteroatoms. The number of benzene rings is 1. The maximum Gasteiger partial charge on any atom is 0.211 e. The Labute approximate surface area is 186 Å². The van der Waals surface area contributed by atoms with E-state index in [9.17, 15) is 4.79 Å². The highest BCUT2D eigenvalue weighted by atomic mass is 16.5. The molecule has 3 heterocycles. The molecule has 3 aromatic rings. The van der Waals surface area contributed by atoms with Crippen LogP contribution in [0.2, 0.25) is 0 Å². The van der Waals surface area contributed by atoms with Gasteiger partial charge in [-0.05, 0) is 36.1 Å². The molecule has 0 radical (unpaired) electrons. The summed E-state index contributed by atoms with van der Waals surface area (Å²) in [4.78, 5) is 19.5. The number of pyridine rings is 1. The Hall–Kier alpha value is -3.62. The van der Waals surface area contributed by atoms with E-state index in [1.807, 2.05) is 31.2 Å². The zero-order valence-corrected chi connectivity index (χ0v) is 18.8. The van der Waals surface area contributed by atoms with Crippen LogP contribution < -0.4 is 4.74 Å². The average Bonchev–Trinajstić information content (AvgIpc) is 3.39. The quantitative estimate of drug-likeness (QED) is 0.549. The van der Waals surface area contributed by atoms with Crippen molar-refractivity contribution in [2.45, 2.75) is 52.7 Å². The summed E-state index contributed by atoms with van der Waals surface area (Å²) >= 11 is 0.